The second kappa shape index (κ2) is 10.1. The Kier molecular flexibility index (Phi) is 8.32. The van der Waals surface area contributed by atoms with Gasteiger partial charge in [0, 0.05) is 19.6 Å². The molecule has 164 valence electrons. The lowest BCUT2D eigenvalue weighted by Gasteiger charge is -2.42. The van der Waals surface area contributed by atoms with Crippen LogP contribution in [0.2, 0.25) is 0 Å². The predicted octanol–water partition coefficient (Wildman–Crippen LogP) is 3.55. The molecule has 0 bridgehead atoms. The number of halogens is 4. The van der Waals surface area contributed by atoms with Gasteiger partial charge in [0.25, 0.3) is 0 Å². The average Bonchev–Trinajstić information content (AvgIpc) is 2.52. The Morgan fingerprint density at radius 1 is 1.11 bits per heavy atom. The number of alkyl halides is 4. The number of amides is 1. The molecular weight excluding hydrogens is 384 g/mol. The Morgan fingerprint density at radius 3 is 2.36 bits per heavy atom. The number of piperazine rings is 1. The largest absolute Gasteiger partial charge is 0.444 e. The highest BCUT2D eigenvalue weighted by atomic mass is 19.3. The summed E-state index contributed by atoms with van der Waals surface area (Å²) in [4.78, 5) is 15.9. The lowest BCUT2D eigenvalue weighted by molar-refractivity contribution is -0.191. The number of ether oxygens (including phenoxy) is 3. The maximum atomic E-state index is 12.5. The molecule has 0 unspecified atom stereocenters. The summed E-state index contributed by atoms with van der Waals surface area (Å²) in [7, 11) is 0. The zero-order chi connectivity index (χ0) is 20.9. The van der Waals surface area contributed by atoms with Crippen LogP contribution < -0.4 is 0 Å². The molecular formula is C18H30F4N2O4. The highest BCUT2D eigenvalue weighted by molar-refractivity contribution is 5.68. The second-order valence-corrected chi connectivity index (χ2v) is 8.37. The summed E-state index contributed by atoms with van der Waals surface area (Å²) in [6, 6.07) is -0.533. The van der Waals surface area contributed by atoms with Crippen molar-refractivity contribution in [2.24, 2.45) is 5.92 Å². The van der Waals surface area contributed by atoms with Crippen molar-refractivity contribution in [2.45, 2.75) is 71.0 Å². The summed E-state index contributed by atoms with van der Waals surface area (Å²) in [6.07, 6.45) is 1.13. The molecule has 0 radical (unpaired) electrons. The summed E-state index contributed by atoms with van der Waals surface area (Å²) in [5, 5.41) is 0. The normalized spacial score (nSPS) is 26.6. The monoisotopic (exact) mass is 414 g/mol. The first kappa shape index (κ1) is 23.2. The average molecular weight is 414 g/mol. The summed E-state index contributed by atoms with van der Waals surface area (Å²) >= 11 is 0. The smallest absolute Gasteiger partial charge is 0.410 e. The van der Waals surface area contributed by atoms with Gasteiger partial charge < -0.3 is 19.1 Å². The summed E-state index contributed by atoms with van der Waals surface area (Å²) < 4.78 is 63.6. The van der Waals surface area contributed by atoms with E-state index in [9.17, 15) is 22.4 Å². The van der Waals surface area contributed by atoms with E-state index in [0.717, 1.165) is 6.42 Å². The van der Waals surface area contributed by atoms with Crippen LogP contribution >= 0.6 is 0 Å². The molecule has 1 aliphatic heterocycles. The Balaban J connectivity index is 1.81. The van der Waals surface area contributed by atoms with E-state index >= 15 is 0 Å². The van der Waals surface area contributed by atoms with Crippen LogP contribution in [0.15, 0.2) is 0 Å². The van der Waals surface area contributed by atoms with Crippen molar-refractivity contribution < 1.29 is 36.6 Å². The lowest BCUT2D eigenvalue weighted by Crippen LogP contribution is -2.58. The third-order valence-corrected chi connectivity index (χ3v) is 4.95. The van der Waals surface area contributed by atoms with Crippen LogP contribution in [-0.2, 0) is 14.2 Å². The Bertz CT molecular complexity index is 498. The van der Waals surface area contributed by atoms with Gasteiger partial charge in [0.15, 0.2) is 0 Å². The van der Waals surface area contributed by atoms with Crippen molar-refractivity contribution in [3.05, 3.63) is 0 Å². The first-order valence-corrected chi connectivity index (χ1v) is 9.59. The molecule has 1 heterocycles. The fraction of sp³-hybridized carbons (Fsp3) is 0.944. The van der Waals surface area contributed by atoms with Gasteiger partial charge in [0.05, 0.1) is 18.8 Å². The Morgan fingerprint density at radius 2 is 1.79 bits per heavy atom. The van der Waals surface area contributed by atoms with E-state index < -0.39 is 31.0 Å². The zero-order valence-corrected chi connectivity index (χ0v) is 16.6. The molecule has 1 saturated heterocycles. The topological polar surface area (TPSA) is 51.2 Å². The van der Waals surface area contributed by atoms with Crippen molar-refractivity contribution in [3.8, 4) is 0 Å². The maximum absolute atomic E-state index is 12.5. The van der Waals surface area contributed by atoms with Crippen LogP contribution in [0.4, 0.5) is 22.4 Å². The van der Waals surface area contributed by atoms with Crippen molar-refractivity contribution in [1.29, 1.82) is 0 Å². The van der Waals surface area contributed by atoms with Crippen LogP contribution in [0.5, 0.6) is 0 Å². The van der Waals surface area contributed by atoms with Gasteiger partial charge in [-0.1, -0.05) is 0 Å². The van der Waals surface area contributed by atoms with E-state index in [1.807, 2.05) is 0 Å². The molecule has 1 aliphatic carbocycles. The molecule has 0 aromatic heterocycles. The van der Waals surface area contributed by atoms with Gasteiger partial charge in [0.2, 0.25) is 0 Å². The van der Waals surface area contributed by atoms with Crippen LogP contribution in [0.25, 0.3) is 0 Å². The molecule has 2 rings (SSSR count). The Hall–Kier alpha value is -1.13. The minimum atomic E-state index is -2.90. The van der Waals surface area contributed by atoms with Crippen molar-refractivity contribution in [2.75, 3.05) is 32.8 Å². The van der Waals surface area contributed by atoms with Crippen molar-refractivity contribution in [1.82, 2.24) is 9.80 Å². The van der Waals surface area contributed by atoms with Crippen molar-refractivity contribution in [3.63, 3.8) is 0 Å². The van der Waals surface area contributed by atoms with E-state index in [0.29, 0.717) is 44.9 Å². The fourth-order valence-electron chi connectivity index (χ4n) is 3.54. The molecule has 6 nitrogen and oxygen atoms in total. The molecule has 0 N–H and O–H groups in total. The third kappa shape index (κ3) is 7.71. The van der Waals surface area contributed by atoms with Crippen LogP contribution in [0.3, 0.4) is 0 Å². The van der Waals surface area contributed by atoms with E-state index in [1.54, 1.807) is 20.8 Å². The number of nitrogens with zero attached hydrogens (tertiary/aromatic N) is 2. The minimum absolute atomic E-state index is 0.277. The van der Waals surface area contributed by atoms with Gasteiger partial charge in [-0.05, 0) is 52.5 Å². The highest BCUT2D eigenvalue weighted by Crippen LogP contribution is 2.34. The van der Waals surface area contributed by atoms with Gasteiger partial charge in [-0.25, -0.2) is 4.79 Å². The van der Waals surface area contributed by atoms with Crippen LogP contribution in [0.1, 0.15) is 40.0 Å². The molecule has 1 atom stereocenters. The molecule has 10 heteroatoms. The number of hydrogen-bond acceptors (Lipinski definition) is 5. The highest BCUT2D eigenvalue weighted by Gasteiger charge is 2.36. The van der Waals surface area contributed by atoms with Gasteiger partial charge >= 0.3 is 19.3 Å². The first-order valence-electron chi connectivity index (χ1n) is 9.59. The quantitative estimate of drug-likeness (QED) is 0.569. The van der Waals surface area contributed by atoms with Crippen molar-refractivity contribution >= 4 is 6.09 Å². The van der Waals surface area contributed by atoms with E-state index in [2.05, 4.69) is 14.4 Å². The summed E-state index contributed by atoms with van der Waals surface area (Å²) in [5.41, 5.74) is -0.677. The van der Waals surface area contributed by atoms with E-state index in [4.69, 9.17) is 4.74 Å². The molecule has 1 amide bonds. The van der Waals surface area contributed by atoms with Gasteiger partial charge in [-0.15, -0.1) is 0 Å². The third-order valence-electron chi connectivity index (χ3n) is 4.95. The number of carbonyl (C=O) groups excluding carboxylic acids is 1. The Labute approximate surface area is 163 Å². The van der Waals surface area contributed by atoms with Gasteiger partial charge in [-0.2, -0.15) is 17.6 Å². The molecule has 28 heavy (non-hydrogen) atoms. The molecule has 2 fully saturated rings. The summed E-state index contributed by atoms with van der Waals surface area (Å²) in [5.74, 6) is 0.323. The predicted molar refractivity (Wildman–Crippen MR) is 93.3 cm³/mol. The zero-order valence-electron chi connectivity index (χ0n) is 16.6. The molecule has 0 aromatic rings. The lowest BCUT2D eigenvalue weighted by atomic mass is 9.80. The van der Waals surface area contributed by atoms with Gasteiger partial charge in [-0.3, -0.25) is 4.90 Å². The van der Waals surface area contributed by atoms with Crippen LogP contribution in [0, 0.1) is 5.92 Å². The summed E-state index contributed by atoms with van der Waals surface area (Å²) in [6.45, 7) is 1.37. The molecule has 1 saturated carbocycles. The number of rotatable bonds is 8. The van der Waals surface area contributed by atoms with E-state index in [-0.39, 0.29) is 12.7 Å². The second-order valence-electron chi connectivity index (χ2n) is 8.37. The first-order chi connectivity index (χ1) is 13.0. The molecule has 0 spiro atoms. The molecule has 2 aliphatic rings. The van der Waals surface area contributed by atoms with Crippen LogP contribution in [-0.4, -0.2) is 79.6 Å². The van der Waals surface area contributed by atoms with Gasteiger partial charge in [0.1, 0.15) is 5.60 Å². The van der Waals surface area contributed by atoms with E-state index in [1.165, 1.54) is 4.90 Å². The number of carbonyl (C=O) groups is 1. The number of hydrogen-bond donors (Lipinski definition) is 0. The minimum Gasteiger partial charge on any atom is -0.444 e. The SMILES string of the molecule is CC(C)(C)OC(=O)N1CCN(CCC2CC(OC(F)F)C2)C[C@H]1COC(F)F. The molecule has 0 aromatic carbocycles. The maximum Gasteiger partial charge on any atom is 0.410 e. The fourth-order valence-corrected chi connectivity index (χ4v) is 3.54. The standard InChI is InChI=1S/C18H30F4N2O4/c1-18(2,3)28-17(25)24-7-6-23(10-13(24)11-26-15(19)20)5-4-12-8-14(9-12)27-16(21)22/h12-16H,4-11H2,1-3H3/t12?,13-,14?/m0/s1.